The van der Waals surface area contributed by atoms with Crippen LogP contribution in [0.15, 0.2) is 113 Å². The van der Waals surface area contributed by atoms with E-state index in [2.05, 4.69) is 33.9 Å². The minimum absolute atomic E-state index is 0.517. The Morgan fingerprint density at radius 1 is 0.714 bits per heavy atom. The molecule has 7 nitrogen and oxygen atoms in total. The summed E-state index contributed by atoms with van der Waals surface area (Å²) in [6.07, 6.45) is 5.03. The first-order valence-corrected chi connectivity index (χ1v) is 11.3. The third-order valence-corrected chi connectivity index (χ3v) is 6.13. The van der Waals surface area contributed by atoms with Gasteiger partial charge < -0.3 is 13.4 Å². The normalized spacial score (nSPS) is 11.5. The Balaban J connectivity index is 1.62. The van der Waals surface area contributed by atoms with E-state index in [1.165, 1.54) is 0 Å². The molecule has 5 aromatic heterocycles. The molecule has 0 saturated carbocycles. The fourth-order valence-corrected chi connectivity index (χ4v) is 4.64. The molecule has 0 spiro atoms. The number of hydrogen-bond donors (Lipinski definition) is 0. The van der Waals surface area contributed by atoms with Gasteiger partial charge in [-0.25, -0.2) is 14.5 Å². The first kappa shape index (κ1) is 19.5. The summed E-state index contributed by atoms with van der Waals surface area (Å²) in [6, 6.07) is 28.3. The van der Waals surface area contributed by atoms with Gasteiger partial charge in [0.15, 0.2) is 11.4 Å². The molecule has 0 fully saturated rings. The molecule has 5 heterocycles. The molecule has 0 amide bonds. The SMILES string of the molecule is c1ccc(-c2c(-c3ccccc3)n(Cc3ccco3)c3ncn4nc(-c5ccco5)nc4c23)cc1. The van der Waals surface area contributed by atoms with Gasteiger partial charge in [0.2, 0.25) is 5.82 Å². The van der Waals surface area contributed by atoms with Crippen molar-refractivity contribution in [3.8, 4) is 34.0 Å². The van der Waals surface area contributed by atoms with Crippen molar-refractivity contribution in [3.05, 3.63) is 110 Å². The summed E-state index contributed by atoms with van der Waals surface area (Å²) < 4.78 is 15.2. The van der Waals surface area contributed by atoms with Crippen LogP contribution in [0.5, 0.6) is 0 Å². The summed E-state index contributed by atoms with van der Waals surface area (Å²) in [4.78, 5) is 9.76. The van der Waals surface area contributed by atoms with Gasteiger partial charge in [0.05, 0.1) is 30.2 Å². The van der Waals surface area contributed by atoms with Crippen molar-refractivity contribution in [1.29, 1.82) is 0 Å². The van der Waals surface area contributed by atoms with Crippen molar-refractivity contribution < 1.29 is 8.83 Å². The van der Waals surface area contributed by atoms with E-state index < -0.39 is 0 Å². The second kappa shape index (κ2) is 7.85. The van der Waals surface area contributed by atoms with Crippen molar-refractivity contribution in [1.82, 2.24) is 24.1 Å². The van der Waals surface area contributed by atoms with Gasteiger partial charge in [-0.1, -0.05) is 60.7 Å². The zero-order valence-corrected chi connectivity index (χ0v) is 18.6. The van der Waals surface area contributed by atoms with Crippen LogP contribution in [0, 0.1) is 0 Å². The van der Waals surface area contributed by atoms with Crippen LogP contribution in [0.3, 0.4) is 0 Å². The monoisotopic (exact) mass is 457 g/mol. The molecule has 0 N–H and O–H groups in total. The highest BCUT2D eigenvalue weighted by Gasteiger charge is 2.25. The molecule has 0 saturated heterocycles. The molecule has 2 aromatic carbocycles. The summed E-state index contributed by atoms with van der Waals surface area (Å²) in [6.45, 7) is 0.531. The molecule has 0 radical (unpaired) electrons. The number of benzene rings is 2. The molecule has 0 unspecified atom stereocenters. The number of furan rings is 2. The minimum Gasteiger partial charge on any atom is -0.467 e. The van der Waals surface area contributed by atoms with Gasteiger partial charge in [-0.15, -0.1) is 5.10 Å². The molecular formula is C28H19N5O2. The zero-order chi connectivity index (χ0) is 23.2. The molecule has 0 atom stereocenters. The van der Waals surface area contributed by atoms with E-state index in [1.54, 1.807) is 23.4 Å². The maximum absolute atomic E-state index is 5.74. The highest BCUT2D eigenvalue weighted by atomic mass is 16.3. The summed E-state index contributed by atoms with van der Waals surface area (Å²) in [5, 5.41) is 5.57. The Hall–Kier alpha value is -4.91. The topological polar surface area (TPSA) is 74.3 Å². The Morgan fingerprint density at radius 3 is 2.17 bits per heavy atom. The fourth-order valence-electron chi connectivity index (χ4n) is 4.64. The van der Waals surface area contributed by atoms with Gasteiger partial charge >= 0.3 is 0 Å². The van der Waals surface area contributed by atoms with Crippen molar-refractivity contribution in [2.24, 2.45) is 0 Å². The Labute approximate surface area is 199 Å². The highest BCUT2D eigenvalue weighted by Crippen LogP contribution is 2.42. The number of fused-ring (bicyclic) bond motifs is 3. The van der Waals surface area contributed by atoms with Crippen LogP contribution in [0.1, 0.15) is 5.76 Å². The lowest BCUT2D eigenvalue weighted by atomic mass is 9.99. The second-order valence-electron chi connectivity index (χ2n) is 8.25. The van der Waals surface area contributed by atoms with Gasteiger partial charge in [-0.3, -0.25) is 0 Å². The van der Waals surface area contributed by atoms with Gasteiger partial charge in [0, 0.05) is 5.56 Å². The van der Waals surface area contributed by atoms with Crippen molar-refractivity contribution in [2.75, 3.05) is 0 Å². The maximum atomic E-state index is 5.74. The van der Waals surface area contributed by atoms with E-state index in [4.69, 9.17) is 18.8 Å². The molecule has 0 bridgehead atoms. The van der Waals surface area contributed by atoms with Crippen LogP contribution in [0.4, 0.5) is 0 Å². The van der Waals surface area contributed by atoms with E-state index in [9.17, 15) is 0 Å². The molecular weight excluding hydrogens is 438 g/mol. The minimum atomic E-state index is 0.517. The molecule has 7 heteroatoms. The summed E-state index contributed by atoms with van der Waals surface area (Å²) in [5.41, 5.74) is 5.79. The Kier molecular flexibility index (Phi) is 4.38. The van der Waals surface area contributed by atoms with Crippen LogP contribution < -0.4 is 0 Å². The first-order valence-electron chi connectivity index (χ1n) is 11.3. The lowest BCUT2D eigenvalue weighted by Gasteiger charge is -2.11. The van der Waals surface area contributed by atoms with E-state index in [-0.39, 0.29) is 0 Å². The summed E-state index contributed by atoms with van der Waals surface area (Å²) in [5.74, 6) is 1.97. The van der Waals surface area contributed by atoms with Crippen molar-refractivity contribution >= 4 is 16.7 Å². The number of rotatable bonds is 5. The molecule has 168 valence electrons. The highest BCUT2D eigenvalue weighted by molar-refractivity contribution is 6.09. The third-order valence-electron chi connectivity index (χ3n) is 6.13. The number of nitrogens with zero attached hydrogens (tertiary/aromatic N) is 5. The third kappa shape index (κ3) is 3.17. The fraction of sp³-hybridized carbons (Fsp3) is 0.0357. The smallest absolute Gasteiger partial charge is 0.217 e. The standard InChI is InChI=1S/C28H19N5O2/c1-3-9-19(10-4-1)23-24-27(29-18-33-28(24)30-26(31-33)22-14-8-16-35-22)32(17-21-13-7-15-34-21)25(23)20-11-5-2-6-12-20/h1-16,18H,17H2. The second-order valence-corrected chi connectivity index (χ2v) is 8.25. The van der Waals surface area contributed by atoms with Crippen molar-refractivity contribution in [2.45, 2.75) is 6.54 Å². The van der Waals surface area contributed by atoms with Gasteiger partial charge in [0.1, 0.15) is 17.7 Å². The van der Waals surface area contributed by atoms with E-state index >= 15 is 0 Å². The zero-order valence-electron chi connectivity index (χ0n) is 18.6. The Morgan fingerprint density at radius 2 is 1.46 bits per heavy atom. The predicted molar refractivity (Wildman–Crippen MR) is 133 cm³/mol. The van der Waals surface area contributed by atoms with E-state index in [1.807, 2.05) is 60.7 Å². The van der Waals surface area contributed by atoms with Gasteiger partial charge in [-0.05, 0) is 35.4 Å². The van der Waals surface area contributed by atoms with Gasteiger partial charge in [-0.2, -0.15) is 0 Å². The molecule has 7 aromatic rings. The molecule has 0 aliphatic rings. The van der Waals surface area contributed by atoms with Crippen LogP contribution >= 0.6 is 0 Å². The van der Waals surface area contributed by atoms with Crippen LogP contribution in [0.2, 0.25) is 0 Å². The average molecular weight is 457 g/mol. The summed E-state index contributed by atoms with van der Waals surface area (Å²) in [7, 11) is 0. The Bertz CT molecular complexity index is 1750. The van der Waals surface area contributed by atoms with Crippen LogP contribution in [-0.4, -0.2) is 24.1 Å². The maximum Gasteiger partial charge on any atom is 0.217 e. The van der Waals surface area contributed by atoms with Gasteiger partial charge in [0.25, 0.3) is 0 Å². The predicted octanol–water partition coefficient (Wildman–Crippen LogP) is 6.31. The van der Waals surface area contributed by atoms with Crippen molar-refractivity contribution in [3.63, 3.8) is 0 Å². The largest absolute Gasteiger partial charge is 0.467 e. The van der Waals surface area contributed by atoms with Crippen LogP contribution in [0.25, 0.3) is 50.6 Å². The van der Waals surface area contributed by atoms with E-state index in [0.29, 0.717) is 18.1 Å². The quantitative estimate of drug-likeness (QED) is 0.303. The molecule has 35 heavy (non-hydrogen) atoms. The lowest BCUT2D eigenvalue weighted by Crippen LogP contribution is -2.03. The number of aromatic nitrogens is 5. The van der Waals surface area contributed by atoms with Crippen LogP contribution in [-0.2, 0) is 6.54 Å². The molecule has 7 rings (SSSR count). The lowest BCUT2D eigenvalue weighted by molar-refractivity contribution is 0.497. The molecule has 0 aliphatic carbocycles. The summed E-state index contributed by atoms with van der Waals surface area (Å²) >= 11 is 0. The first-order chi connectivity index (χ1) is 17.4. The number of hydrogen-bond acceptors (Lipinski definition) is 5. The average Bonchev–Trinajstić information content (AvgIpc) is 3.71. The molecule has 0 aliphatic heterocycles. The van der Waals surface area contributed by atoms with E-state index in [0.717, 1.165) is 44.8 Å².